The topological polar surface area (TPSA) is 9.23 Å². The first kappa shape index (κ1) is 9.71. The monoisotopic (exact) mass is 201 g/mol. The van der Waals surface area contributed by atoms with Crippen LogP contribution in [0.25, 0.3) is 0 Å². The van der Waals surface area contributed by atoms with E-state index in [9.17, 15) is 4.39 Å². The maximum absolute atomic E-state index is 12.6. The highest BCUT2D eigenvalue weighted by atomic mass is 19.1. The Labute approximate surface area is 88.1 Å². The summed E-state index contributed by atoms with van der Waals surface area (Å²) in [5.74, 6) is 1.07. The molecular formula is C13H10FO. The lowest BCUT2D eigenvalue weighted by Gasteiger charge is -2.05. The van der Waals surface area contributed by atoms with Crippen molar-refractivity contribution in [2.75, 3.05) is 0 Å². The summed E-state index contributed by atoms with van der Waals surface area (Å²) in [6.45, 7) is 3.78. The molecule has 0 aromatic heterocycles. The second-order valence-electron chi connectivity index (χ2n) is 3.20. The Morgan fingerprint density at radius 1 is 0.800 bits per heavy atom. The van der Waals surface area contributed by atoms with Crippen LogP contribution < -0.4 is 4.74 Å². The van der Waals surface area contributed by atoms with Gasteiger partial charge in [-0.3, -0.25) is 0 Å². The SMILES string of the molecule is [CH2]c1ccc(Oc2ccc(F)cc2)cc1. The summed E-state index contributed by atoms with van der Waals surface area (Å²) >= 11 is 0. The highest BCUT2D eigenvalue weighted by Crippen LogP contribution is 2.21. The van der Waals surface area contributed by atoms with Gasteiger partial charge in [-0.15, -0.1) is 0 Å². The van der Waals surface area contributed by atoms with E-state index in [0.717, 1.165) is 5.56 Å². The fraction of sp³-hybridized carbons (Fsp3) is 0. The molecular weight excluding hydrogens is 191 g/mol. The van der Waals surface area contributed by atoms with E-state index in [1.165, 1.54) is 12.1 Å². The standard InChI is InChI=1S/C13H10FO/c1-10-2-6-12(7-3-10)15-13-8-4-11(14)5-9-13/h2-9H,1H2. The van der Waals surface area contributed by atoms with Gasteiger partial charge in [0.15, 0.2) is 0 Å². The van der Waals surface area contributed by atoms with Crippen molar-refractivity contribution in [1.29, 1.82) is 0 Å². The molecule has 2 aromatic rings. The van der Waals surface area contributed by atoms with Crippen molar-refractivity contribution in [3.05, 3.63) is 66.8 Å². The van der Waals surface area contributed by atoms with Crippen LogP contribution in [0.1, 0.15) is 5.56 Å². The van der Waals surface area contributed by atoms with E-state index in [-0.39, 0.29) is 5.82 Å². The number of rotatable bonds is 2. The van der Waals surface area contributed by atoms with Crippen LogP contribution in [0.2, 0.25) is 0 Å². The van der Waals surface area contributed by atoms with Crippen molar-refractivity contribution in [2.45, 2.75) is 0 Å². The summed E-state index contributed by atoms with van der Waals surface area (Å²) in [4.78, 5) is 0. The van der Waals surface area contributed by atoms with E-state index in [1.807, 2.05) is 24.3 Å². The van der Waals surface area contributed by atoms with Crippen LogP contribution in [0, 0.1) is 12.7 Å². The Kier molecular flexibility index (Phi) is 2.68. The minimum absolute atomic E-state index is 0.268. The van der Waals surface area contributed by atoms with Gasteiger partial charge in [0.05, 0.1) is 0 Å². The maximum Gasteiger partial charge on any atom is 0.127 e. The van der Waals surface area contributed by atoms with Gasteiger partial charge in [0.25, 0.3) is 0 Å². The molecule has 1 nitrogen and oxygen atoms in total. The zero-order valence-electron chi connectivity index (χ0n) is 8.11. The van der Waals surface area contributed by atoms with Crippen molar-refractivity contribution in [3.8, 4) is 11.5 Å². The first-order valence-corrected chi connectivity index (χ1v) is 4.59. The highest BCUT2D eigenvalue weighted by Gasteiger charge is 1.96. The van der Waals surface area contributed by atoms with E-state index >= 15 is 0 Å². The third kappa shape index (κ3) is 2.56. The van der Waals surface area contributed by atoms with Crippen LogP contribution >= 0.6 is 0 Å². The molecule has 2 heteroatoms. The molecule has 0 N–H and O–H groups in total. The number of hydrogen-bond acceptors (Lipinski definition) is 1. The molecule has 0 atom stereocenters. The first-order chi connectivity index (χ1) is 7.24. The molecule has 0 aliphatic rings. The van der Waals surface area contributed by atoms with Crippen LogP contribution in [-0.2, 0) is 0 Å². The lowest BCUT2D eigenvalue weighted by Crippen LogP contribution is -1.84. The van der Waals surface area contributed by atoms with Gasteiger partial charge < -0.3 is 4.74 Å². The molecule has 1 radical (unpaired) electrons. The minimum atomic E-state index is -0.268. The molecule has 0 amide bonds. The molecule has 0 unspecified atom stereocenters. The number of halogens is 1. The van der Waals surface area contributed by atoms with Crippen molar-refractivity contribution < 1.29 is 9.13 Å². The number of benzene rings is 2. The van der Waals surface area contributed by atoms with Gasteiger partial charge in [0.2, 0.25) is 0 Å². The van der Waals surface area contributed by atoms with Crippen LogP contribution in [0.5, 0.6) is 11.5 Å². The first-order valence-electron chi connectivity index (χ1n) is 4.59. The normalized spacial score (nSPS) is 10.0. The maximum atomic E-state index is 12.6. The summed E-state index contributed by atoms with van der Waals surface area (Å²) in [5.41, 5.74) is 0.932. The Morgan fingerprint density at radius 3 is 1.80 bits per heavy atom. The smallest absolute Gasteiger partial charge is 0.127 e. The van der Waals surface area contributed by atoms with Crippen molar-refractivity contribution in [2.24, 2.45) is 0 Å². The fourth-order valence-corrected chi connectivity index (χ4v) is 1.20. The summed E-state index contributed by atoms with van der Waals surface area (Å²) in [7, 11) is 0. The van der Waals surface area contributed by atoms with Gasteiger partial charge in [-0.1, -0.05) is 12.1 Å². The van der Waals surface area contributed by atoms with Gasteiger partial charge >= 0.3 is 0 Å². The van der Waals surface area contributed by atoms with Crippen LogP contribution in [-0.4, -0.2) is 0 Å². The lowest BCUT2D eigenvalue weighted by atomic mass is 10.2. The Morgan fingerprint density at radius 2 is 1.27 bits per heavy atom. The zero-order chi connectivity index (χ0) is 10.7. The van der Waals surface area contributed by atoms with E-state index in [1.54, 1.807) is 12.1 Å². The largest absolute Gasteiger partial charge is 0.457 e. The molecule has 0 spiro atoms. The number of ether oxygens (including phenoxy) is 1. The second kappa shape index (κ2) is 4.13. The van der Waals surface area contributed by atoms with E-state index in [2.05, 4.69) is 6.92 Å². The minimum Gasteiger partial charge on any atom is -0.457 e. The zero-order valence-corrected chi connectivity index (χ0v) is 8.11. The molecule has 0 heterocycles. The van der Waals surface area contributed by atoms with Gasteiger partial charge in [-0.25, -0.2) is 4.39 Å². The summed E-state index contributed by atoms with van der Waals surface area (Å²) in [6, 6.07) is 13.3. The molecule has 2 aromatic carbocycles. The molecule has 0 saturated heterocycles. The van der Waals surface area contributed by atoms with Crippen molar-refractivity contribution in [1.82, 2.24) is 0 Å². The quantitative estimate of drug-likeness (QED) is 0.718. The molecule has 2 rings (SSSR count). The highest BCUT2D eigenvalue weighted by molar-refractivity contribution is 5.33. The van der Waals surface area contributed by atoms with E-state index in [0.29, 0.717) is 11.5 Å². The van der Waals surface area contributed by atoms with Crippen LogP contribution in [0.15, 0.2) is 48.5 Å². The summed E-state index contributed by atoms with van der Waals surface area (Å²) in [6.07, 6.45) is 0. The molecule has 0 aliphatic carbocycles. The summed E-state index contributed by atoms with van der Waals surface area (Å²) < 4.78 is 18.1. The molecule has 75 valence electrons. The lowest BCUT2D eigenvalue weighted by molar-refractivity contribution is 0.480. The van der Waals surface area contributed by atoms with Crippen LogP contribution in [0.4, 0.5) is 4.39 Å². The van der Waals surface area contributed by atoms with Gasteiger partial charge in [-0.05, 0) is 48.9 Å². The van der Waals surface area contributed by atoms with Gasteiger partial charge in [0, 0.05) is 0 Å². The molecule has 0 saturated carbocycles. The van der Waals surface area contributed by atoms with Crippen molar-refractivity contribution in [3.63, 3.8) is 0 Å². The van der Waals surface area contributed by atoms with E-state index in [4.69, 9.17) is 4.74 Å². The molecule has 0 aliphatic heterocycles. The van der Waals surface area contributed by atoms with Crippen LogP contribution in [0.3, 0.4) is 0 Å². The Bertz CT molecular complexity index is 388. The van der Waals surface area contributed by atoms with Gasteiger partial charge in [-0.2, -0.15) is 0 Å². The van der Waals surface area contributed by atoms with Crippen molar-refractivity contribution >= 4 is 0 Å². The number of hydrogen-bond donors (Lipinski definition) is 0. The molecule has 0 fully saturated rings. The Balaban J connectivity index is 2.15. The third-order valence-corrected chi connectivity index (χ3v) is 1.97. The average molecular weight is 201 g/mol. The third-order valence-electron chi connectivity index (χ3n) is 1.97. The van der Waals surface area contributed by atoms with Gasteiger partial charge in [0.1, 0.15) is 17.3 Å². The Hall–Kier alpha value is -1.83. The molecule has 0 bridgehead atoms. The second-order valence-corrected chi connectivity index (χ2v) is 3.20. The fourth-order valence-electron chi connectivity index (χ4n) is 1.20. The van der Waals surface area contributed by atoms with E-state index < -0.39 is 0 Å². The predicted molar refractivity (Wildman–Crippen MR) is 57.4 cm³/mol. The average Bonchev–Trinajstić information content (AvgIpc) is 2.25. The predicted octanol–water partition coefficient (Wildman–Crippen LogP) is 3.80. The summed E-state index contributed by atoms with van der Waals surface area (Å²) in [5, 5.41) is 0. The molecule has 15 heavy (non-hydrogen) atoms.